The van der Waals surface area contributed by atoms with Gasteiger partial charge in [0, 0.05) is 18.3 Å². The highest BCUT2D eigenvalue weighted by Crippen LogP contribution is 2.61. The van der Waals surface area contributed by atoms with Crippen molar-refractivity contribution in [3.8, 4) is 5.75 Å². The van der Waals surface area contributed by atoms with Crippen molar-refractivity contribution in [2.45, 2.75) is 121 Å². The lowest BCUT2D eigenvalue weighted by Crippen LogP contribution is -2.43. The van der Waals surface area contributed by atoms with Gasteiger partial charge in [-0.15, -0.1) is 0 Å². The molecule has 47 heavy (non-hydrogen) atoms. The summed E-state index contributed by atoms with van der Waals surface area (Å²) in [6.45, 7) is 8.77. The predicted octanol–water partition coefficient (Wildman–Crippen LogP) is 10.5. The van der Waals surface area contributed by atoms with Crippen LogP contribution in [0, 0.1) is 17.3 Å². The number of thioether (sulfide) groups is 1. The number of hydrogen-bond acceptors (Lipinski definition) is 5. The summed E-state index contributed by atoms with van der Waals surface area (Å²) >= 11 is 1.43. The van der Waals surface area contributed by atoms with E-state index in [0.717, 1.165) is 44.5 Å². The van der Waals surface area contributed by atoms with Crippen molar-refractivity contribution >= 4 is 20.8 Å². The zero-order valence-corrected chi connectivity index (χ0v) is 30.0. The molecule has 266 valence electrons. The van der Waals surface area contributed by atoms with Gasteiger partial charge >= 0.3 is 12.1 Å². The van der Waals surface area contributed by atoms with Gasteiger partial charge in [0.25, 0.3) is 0 Å². The number of benzene rings is 2. The SMILES string of the molecule is CC12CCC3c4ccc(OPOCc5ccccc5)cc4CCC3C1CCC2O.CCC(C)(C)SCCCC(F)(F)C(F)(F)F.CO. The molecule has 3 aliphatic rings. The van der Waals surface area contributed by atoms with Gasteiger partial charge in [-0.1, -0.05) is 64.1 Å². The Kier molecular flexibility index (Phi) is 14.9. The van der Waals surface area contributed by atoms with Crippen molar-refractivity contribution in [1.82, 2.24) is 0 Å². The molecule has 0 bridgehead atoms. The van der Waals surface area contributed by atoms with Crippen LogP contribution in [-0.4, -0.2) is 46.0 Å². The lowest BCUT2D eigenvalue weighted by molar-refractivity contribution is -0.284. The molecule has 2 N–H and O–H groups in total. The summed E-state index contributed by atoms with van der Waals surface area (Å²) < 4.78 is 72.0. The molecule has 0 spiro atoms. The molecule has 0 aromatic heterocycles. The number of rotatable bonds is 11. The Hall–Kier alpha value is -1.45. The molecule has 0 aliphatic heterocycles. The van der Waals surface area contributed by atoms with Crippen LogP contribution in [0.3, 0.4) is 0 Å². The van der Waals surface area contributed by atoms with E-state index in [4.69, 9.17) is 14.2 Å². The zero-order chi connectivity index (χ0) is 34.9. The number of halogens is 5. The molecule has 6 atom stereocenters. The first-order chi connectivity index (χ1) is 22.2. The number of hydrogen-bond donors (Lipinski definition) is 2. The van der Waals surface area contributed by atoms with E-state index in [-0.39, 0.29) is 31.7 Å². The lowest BCUT2D eigenvalue weighted by atomic mass is 9.55. The van der Waals surface area contributed by atoms with Crippen LogP contribution in [0.1, 0.15) is 102 Å². The van der Waals surface area contributed by atoms with E-state index in [9.17, 15) is 27.1 Å². The Morgan fingerprint density at radius 1 is 0.979 bits per heavy atom. The first-order valence-electron chi connectivity index (χ1n) is 16.6. The molecule has 4 nitrogen and oxygen atoms in total. The minimum atomic E-state index is -5.42. The molecule has 3 aliphatic carbocycles. The number of aryl methyl sites for hydroxylation is 1. The second-order valence-corrected chi connectivity index (χ2v) is 16.1. The van der Waals surface area contributed by atoms with Gasteiger partial charge in [-0.2, -0.15) is 33.7 Å². The topological polar surface area (TPSA) is 58.9 Å². The number of aliphatic hydroxyl groups is 2. The number of aliphatic hydroxyl groups excluding tert-OH is 2. The van der Waals surface area contributed by atoms with Crippen LogP contribution in [-0.2, 0) is 17.6 Å². The van der Waals surface area contributed by atoms with Crippen molar-refractivity contribution in [2.75, 3.05) is 12.9 Å². The summed E-state index contributed by atoms with van der Waals surface area (Å²) in [5.41, 5.74) is 4.31. The summed E-state index contributed by atoms with van der Waals surface area (Å²) in [7, 11) is 1.01. The first-order valence-corrected chi connectivity index (χ1v) is 18.4. The van der Waals surface area contributed by atoms with E-state index in [1.165, 1.54) is 47.7 Å². The Morgan fingerprint density at radius 3 is 2.34 bits per heavy atom. The van der Waals surface area contributed by atoms with Crippen LogP contribution in [0.5, 0.6) is 5.75 Å². The maximum atomic E-state index is 12.5. The molecule has 2 fully saturated rings. The molecule has 6 unspecified atom stereocenters. The Balaban J connectivity index is 0.000000287. The maximum absolute atomic E-state index is 12.5. The van der Waals surface area contributed by atoms with E-state index in [0.29, 0.717) is 24.2 Å². The van der Waals surface area contributed by atoms with Gasteiger partial charge in [0.15, 0.2) is 0 Å². The largest absolute Gasteiger partial charge is 0.453 e. The fraction of sp³-hybridized carbons (Fsp3) is 0.667. The van der Waals surface area contributed by atoms with Crippen LogP contribution >= 0.6 is 20.8 Å². The Labute approximate surface area is 283 Å². The monoisotopic (exact) mass is 706 g/mol. The highest BCUT2D eigenvalue weighted by molar-refractivity contribution is 8.00. The molecule has 2 aromatic rings. The van der Waals surface area contributed by atoms with Crippen LogP contribution in [0.15, 0.2) is 48.5 Å². The standard InChI is InChI=1S/C25H31O3P.C10H17F5S.CH4O/c1-25-14-13-21-20-10-8-19(28-29-27-16-17-5-3-2-4-6-17)15-18(20)7-9-22(21)23(25)11-12-24(25)26;1-4-8(2,3)16-7-5-6-9(11,12)10(13,14)15;1-2/h2-6,8,10,15,21-24,26,29H,7,9,11-14,16H2,1H3;4-7H2,1-3H3;2H,1H3. The number of fused-ring (bicyclic) bond motifs is 5. The van der Waals surface area contributed by atoms with Gasteiger partial charge in [0.05, 0.1) is 12.7 Å². The minimum Gasteiger partial charge on any atom is -0.450 e. The smallest absolute Gasteiger partial charge is 0.450 e. The average molecular weight is 707 g/mol. The van der Waals surface area contributed by atoms with E-state index in [1.54, 1.807) is 0 Å². The van der Waals surface area contributed by atoms with Crippen LogP contribution in [0.25, 0.3) is 0 Å². The average Bonchev–Trinajstić information content (AvgIpc) is 3.36. The summed E-state index contributed by atoms with van der Waals surface area (Å²) in [4.78, 5) is 0. The third-order valence-corrected chi connectivity index (χ3v) is 12.5. The predicted molar refractivity (Wildman–Crippen MR) is 182 cm³/mol. The van der Waals surface area contributed by atoms with Crippen LogP contribution in [0.4, 0.5) is 22.0 Å². The van der Waals surface area contributed by atoms with Gasteiger partial charge in [-0.25, -0.2) is 0 Å². The quantitative estimate of drug-likeness (QED) is 0.138. The van der Waals surface area contributed by atoms with Gasteiger partial charge in [-0.3, -0.25) is 0 Å². The van der Waals surface area contributed by atoms with Crippen LogP contribution < -0.4 is 4.52 Å². The van der Waals surface area contributed by atoms with Gasteiger partial charge < -0.3 is 19.3 Å². The highest BCUT2D eigenvalue weighted by Gasteiger charge is 2.56. The summed E-state index contributed by atoms with van der Waals surface area (Å²) in [6.07, 6.45) is 1.04. The molecule has 11 heteroatoms. The fourth-order valence-electron chi connectivity index (χ4n) is 7.25. The molecule has 0 heterocycles. The maximum Gasteiger partial charge on any atom is 0.453 e. The lowest BCUT2D eigenvalue weighted by Gasteiger charge is -2.50. The Bertz CT molecular complexity index is 1230. The summed E-state index contributed by atoms with van der Waals surface area (Å²) in [5.74, 6) is -1.22. The molecular weight excluding hydrogens is 654 g/mol. The van der Waals surface area contributed by atoms with Crippen molar-refractivity contribution in [2.24, 2.45) is 17.3 Å². The van der Waals surface area contributed by atoms with Gasteiger partial charge in [-0.05, 0) is 109 Å². The first kappa shape index (κ1) is 40.0. The molecule has 0 amide bonds. The van der Waals surface area contributed by atoms with E-state index in [2.05, 4.69) is 37.3 Å². The van der Waals surface area contributed by atoms with Crippen molar-refractivity contribution in [1.29, 1.82) is 0 Å². The zero-order valence-electron chi connectivity index (χ0n) is 28.2. The molecule has 0 radical (unpaired) electrons. The van der Waals surface area contributed by atoms with Crippen molar-refractivity contribution < 1.29 is 41.2 Å². The third kappa shape index (κ3) is 10.5. The minimum absolute atomic E-state index is 0.0148. The van der Waals surface area contributed by atoms with E-state index < -0.39 is 18.5 Å². The third-order valence-electron chi connectivity index (χ3n) is 10.3. The number of alkyl halides is 5. The second-order valence-electron chi connectivity index (χ2n) is 13.6. The van der Waals surface area contributed by atoms with E-state index in [1.807, 2.05) is 39.0 Å². The van der Waals surface area contributed by atoms with Crippen LogP contribution in [0.2, 0.25) is 0 Å². The molecular formula is C36H52F5O4PS. The molecule has 2 saturated carbocycles. The molecule has 5 rings (SSSR count). The normalized spacial score (nSPS) is 25.5. The Morgan fingerprint density at radius 2 is 1.68 bits per heavy atom. The summed E-state index contributed by atoms with van der Waals surface area (Å²) in [6, 6.07) is 16.9. The van der Waals surface area contributed by atoms with Crippen molar-refractivity contribution in [3.05, 3.63) is 65.2 Å². The van der Waals surface area contributed by atoms with Crippen molar-refractivity contribution in [3.63, 3.8) is 0 Å². The molecule has 2 aromatic carbocycles. The van der Waals surface area contributed by atoms with Gasteiger partial charge in [0.1, 0.15) is 5.75 Å². The highest BCUT2D eigenvalue weighted by atomic mass is 32.2. The van der Waals surface area contributed by atoms with E-state index >= 15 is 0 Å². The van der Waals surface area contributed by atoms with Gasteiger partial charge in [0.2, 0.25) is 9.03 Å². The fourth-order valence-corrected chi connectivity index (χ4v) is 8.80. The summed E-state index contributed by atoms with van der Waals surface area (Å²) in [5, 5.41) is 17.6. The molecule has 0 saturated heterocycles. The second kappa shape index (κ2) is 17.5.